The highest BCUT2D eigenvalue weighted by Gasteiger charge is 2.31. The number of anilines is 1. The minimum Gasteiger partial charge on any atom is -0.457 e. The van der Waals surface area contributed by atoms with E-state index in [-0.39, 0.29) is 11.9 Å². The van der Waals surface area contributed by atoms with Gasteiger partial charge in [0, 0.05) is 35.8 Å². The van der Waals surface area contributed by atoms with Crippen molar-refractivity contribution in [3.63, 3.8) is 0 Å². The van der Waals surface area contributed by atoms with Gasteiger partial charge in [0.15, 0.2) is 5.65 Å². The summed E-state index contributed by atoms with van der Waals surface area (Å²) >= 11 is 0. The molecule has 216 valence electrons. The van der Waals surface area contributed by atoms with Crippen molar-refractivity contribution < 1.29 is 9.53 Å². The van der Waals surface area contributed by atoms with Crippen molar-refractivity contribution in [1.82, 2.24) is 29.6 Å². The summed E-state index contributed by atoms with van der Waals surface area (Å²) in [5.74, 6) is 1.78. The Labute approximate surface area is 248 Å². The van der Waals surface area contributed by atoms with Gasteiger partial charge in [0.05, 0.1) is 17.5 Å². The number of hydrogen-bond donors (Lipinski definition) is 3. The number of likely N-dealkylation sites (tertiary alicyclic amines) is 1. The molecule has 1 saturated heterocycles. The highest BCUT2D eigenvalue weighted by Crippen LogP contribution is 2.35. The van der Waals surface area contributed by atoms with Crippen LogP contribution in [0.2, 0.25) is 0 Å². The molecule has 0 radical (unpaired) electrons. The van der Waals surface area contributed by atoms with Gasteiger partial charge in [0.25, 0.3) is 0 Å². The number of aromatic nitrogens is 5. The Morgan fingerprint density at radius 1 is 1.00 bits per heavy atom. The number of carbonyl (C=O) groups excluding carboxylic acids is 1. The van der Waals surface area contributed by atoms with E-state index in [1.165, 1.54) is 6.33 Å². The Kier molecular flexibility index (Phi) is 6.96. The number of fused-ring (bicyclic) bond motifs is 2. The lowest BCUT2D eigenvalue weighted by molar-refractivity contribution is -0.134. The summed E-state index contributed by atoms with van der Waals surface area (Å²) in [6, 6.07) is 24.7. The van der Waals surface area contributed by atoms with Gasteiger partial charge in [0.1, 0.15) is 29.3 Å². The number of para-hydroxylation sites is 2. The number of benzene rings is 3. The molecule has 1 aliphatic heterocycles. The van der Waals surface area contributed by atoms with Crippen LogP contribution in [0.25, 0.3) is 33.2 Å². The number of nitrogens with two attached hydrogens (primary N) is 2. The van der Waals surface area contributed by atoms with Gasteiger partial charge in [-0.25, -0.2) is 14.6 Å². The van der Waals surface area contributed by atoms with E-state index >= 15 is 0 Å². The van der Waals surface area contributed by atoms with Crippen LogP contribution in [0.5, 0.6) is 11.5 Å². The maximum Gasteiger partial charge on any atom is 0.239 e. The molecule has 7 rings (SSSR count). The van der Waals surface area contributed by atoms with Gasteiger partial charge in [0.2, 0.25) is 5.91 Å². The first-order valence-corrected chi connectivity index (χ1v) is 14.5. The zero-order valence-electron chi connectivity index (χ0n) is 23.6. The molecule has 5 N–H and O–H groups in total. The van der Waals surface area contributed by atoms with Gasteiger partial charge in [-0.3, -0.25) is 4.79 Å². The van der Waals surface area contributed by atoms with E-state index in [0.717, 1.165) is 40.6 Å². The van der Waals surface area contributed by atoms with Gasteiger partial charge in [-0.1, -0.05) is 36.4 Å². The number of nitrogen functional groups attached to an aromatic ring is 1. The molecule has 6 aromatic rings. The van der Waals surface area contributed by atoms with Crippen molar-refractivity contribution in [3.8, 4) is 22.8 Å². The number of nitrogens with zero attached hydrogens (tertiary/aromatic N) is 5. The lowest BCUT2D eigenvalue weighted by atomic mass is 10.0. The van der Waals surface area contributed by atoms with Crippen molar-refractivity contribution in [3.05, 3.63) is 97.0 Å². The molecule has 1 fully saturated rings. The first-order valence-electron chi connectivity index (χ1n) is 14.5. The maximum atomic E-state index is 13.5. The number of piperidine rings is 1. The number of H-pyrrole nitrogens is 1. The molecular weight excluding hydrogens is 540 g/mol. The van der Waals surface area contributed by atoms with Crippen molar-refractivity contribution in [2.24, 2.45) is 5.73 Å². The predicted molar refractivity (Wildman–Crippen MR) is 167 cm³/mol. The van der Waals surface area contributed by atoms with E-state index in [9.17, 15) is 4.79 Å². The normalized spacial score (nSPS) is 16.0. The number of hydrogen-bond acceptors (Lipinski definition) is 7. The molecule has 1 aliphatic rings. The van der Waals surface area contributed by atoms with Crippen molar-refractivity contribution >= 4 is 33.7 Å². The van der Waals surface area contributed by atoms with Crippen LogP contribution >= 0.6 is 0 Å². The third-order valence-corrected chi connectivity index (χ3v) is 8.11. The van der Waals surface area contributed by atoms with E-state index in [0.29, 0.717) is 47.8 Å². The molecule has 3 aromatic carbocycles. The number of carbonyl (C=O) groups is 1. The third kappa shape index (κ3) is 5.17. The molecule has 1 amide bonds. The topological polar surface area (TPSA) is 141 Å². The number of aromatic amines is 1. The van der Waals surface area contributed by atoms with E-state index in [4.69, 9.17) is 21.3 Å². The monoisotopic (exact) mass is 572 g/mol. The lowest BCUT2D eigenvalue weighted by Gasteiger charge is -2.34. The summed E-state index contributed by atoms with van der Waals surface area (Å²) < 4.78 is 7.87. The molecule has 0 saturated carbocycles. The molecule has 0 aliphatic carbocycles. The van der Waals surface area contributed by atoms with Gasteiger partial charge in [-0.2, -0.15) is 5.10 Å². The van der Waals surface area contributed by atoms with E-state index in [2.05, 4.69) is 15.0 Å². The summed E-state index contributed by atoms with van der Waals surface area (Å²) in [5.41, 5.74) is 17.2. The SMILES string of the molecule is Nc1ncnc2c1c(-c1ccc(Oc3ccccc3)cc1)nn2[C@@H]1CCCN(C(=O)[C@H](N)Cc2c[nH]c3ccccc23)C1. The van der Waals surface area contributed by atoms with Crippen LogP contribution in [0.15, 0.2) is 91.4 Å². The minimum absolute atomic E-state index is 0.0604. The van der Waals surface area contributed by atoms with Crippen molar-refractivity contribution in [2.45, 2.75) is 31.3 Å². The second kappa shape index (κ2) is 11.2. The summed E-state index contributed by atoms with van der Waals surface area (Å²) in [4.78, 5) is 27.5. The average Bonchev–Trinajstić information content (AvgIpc) is 3.64. The first-order chi connectivity index (χ1) is 21.0. The summed E-state index contributed by atoms with van der Waals surface area (Å²) in [5, 5.41) is 6.80. The number of rotatable bonds is 7. The van der Waals surface area contributed by atoms with Gasteiger partial charge < -0.3 is 26.1 Å². The van der Waals surface area contributed by atoms with Crippen molar-refractivity contribution in [2.75, 3.05) is 18.8 Å². The molecule has 10 nitrogen and oxygen atoms in total. The highest BCUT2D eigenvalue weighted by atomic mass is 16.5. The quantitative estimate of drug-likeness (QED) is 0.242. The highest BCUT2D eigenvalue weighted by molar-refractivity contribution is 5.98. The number of ether oxygens (including phenoxy) is 1. The molecule has 10 heteroatoms. The van der Waals surface area contributed by atoms with E-state index < -0.39 is 6.04 Å². The zero-order valence-corrected chi connectivity index (χ0v) is 23.6. The van der Waals surface area contributed by atoms with E-state index in [1.807, 2.05) is 94.6 Å². The van der Waals surface area contributed by atoms with Crippen LogP contribution in [-0.2, 0) is 11.2 Å². The Morgan fingerprint density at radius 2 is 1.77 bits per heavy atom. The largest absolute Gasteiger partial charge is 0.457 e. The second-order valence-electron chi connectivity index (χ2n) is 10.9. The smallest absolute Gasteiger partial charge is 0.239 e. The van der Waals surface area contributed by atoms with Crippen LogP contribution in [0.3, 0.4) is 0 Å². The van der Waals surface area contributed by atoms with E-state index in [1.54, 1.807) is 0 Å². The molecule has 2 atom stereocenters. The predicted octanol–water partition coefficient (Wildman–Crippen LogP) is 5.08. The number of nitrogens with one attached hydrogen (secondary N) is 1. The zero-order chi connectivity index (χ0) is 29.3. The van der Waals surface area contributed by atoms with Gasteiger partial charge in [-0.15, -0.1) is 0 Å². The van der Waals surface area contributed by atoms with Crippen LogP contribution in [-0.4, -0.2) is 54.7 Å². The molecule has 0 bridgehead atoms. The molecule has 0 spiro atoms. The summed E-state index contributed by atoms with van der Waals surface area (Å²) in [6.07, 6.45) is 5.55. The standard InChI is InChI=1S/C33H32N8O2/c34-27(17-22-18-36-28-11-5-4-10-26(22)28)33(42)40-16-6-7-23(19-40)41-32-29(31(35)37-20-38-32)30(39-41)21-12-14-25(15-13-21)43-24-8-2-1-3-9-24/h1-5,8-15,18,20,23,27,36H,6-7,16-17,19,34H2,(H2,35,37,38)/t23-,27-/m1/s1. The maximum absolute atomic E-state index is 13.5. The minimum atomic E-state index is -0.641. The fraction of sp³-hybridized carbons (Fsp3) is 0.212. The fourth-order valence-electron chi connectivity index (χ4n) is 5.97. The molecule has 3 aromatic heterocycles. The third-order valence-electron chi connectivity index (χ3n) is 8.11. The Bertz CT molecular complexity index is 1900. The Morgan fingerprint density at radius 3 is 2.60 bits per heavy atom. The number of amides is 1. The molecular formula is C33H32N8O2. The second-order valence-corrected chi connectivity index (χ2v) is 10.9. The Hall–Kier alpha value is -5.22. The Balaban J connectivity index is 1.13. The van der Waals surface area contributed by atoms with Crippen LogP contribution in [0.4, 0.5) is 5.82 Å². The van der Waals surface area contributed by atoms with Crippen LogP contribution in [0, 0.1) is 0 Å². The fourth-order valence-corrected chi connectivity index (χ4v) is 5.97. The summed E-state index contributed by atoms with van der Waals surface area (Å²) in [6.45, 7) is 1.15. The molecule has 0 unspecified atom stereocenters. The summed E-state index contributed by atoms with van der Waals surface area (Å²) in [7, 11) is 0. The van der Waals surface area contributed by atoms with Crippen molar-refractivity contribution in [1.29, 1.82) is 0 Å². The molecule has 4 heterocycles. The molecule has 43 heavy (non-hydrogen) atoms. The average molecular weight is 573 g/mol. The van der Waals surface area contributed by atoms with Crippen LogP contribution in [0.1, 0.15) is 24.4 Å². The first kappa shape index (κ1) is 26.7. The van der Waals surface area contributed by atoms with Gasteiger partial charge >= 0.3 is 0 Å². The van der Waals surface area contributed by atoms with Crippen LogP contribution < -0.4 is 16.2 Å². The lowest BCUT2D eigenvalue weighted by Crippen LogP contribution is -2.49. The van der Waals surface area contributed by atoms with Gasteiger partial charge in [-0.05, 0) is 67.3 Å².